The lowest BCUT2D eigenvalue weighted by atomic mass is 10.1. The fourth-order valence-electron chi connectivity index (χ4n) is 1.35. The van der Waals surface area contributed by atoms with Gasteiger partial charge in [0.15, 0.2) is 0 Å². The molecule has 0 atom stereocenters. The van der Waals surface area contributed by atoms with Crippen LogP contribution in [0.2, 0.25) is 0 Å². The summed E-state index contributed by atoms with van der Waals surface area (Å²) < 4.78 is 0. The first-order chi connectivity index (χ1) is 8.34. The quantitative estimate of drug-likeness (QED) is 0.651. The molecule has 0 spiro atoms. The molecule has 0 bridgehead atoms. The molecule has 0 aliphatic rings. The Morgan fingerprint density at radius 3 is 2.82 bits per heavy atom. The monoisotopic (exact) mass is 244 g/mol. The van der Waals surface area contributed by atoms with Gasteiger partial charge >= 0.3 is 0 Å². The van der Waals surface area contributed by atoms with Crippen LogP contribution in [0.4, 0.5) is 0 Å². The van der Waals surface area contributed by atoms with Crippen LogP contribution in [0.1, 0.15) is 11.1 Å². The number of nitrogens with zero attached hydrogens (tertiary/aromatic N) is 1. The summed E-state index contributed by atoms with van der Waals surface area (Å²) in [5.41, 5.74) is 4.48. The van der Waals surface area contributed by atoms with Crippen LogP contribution >= 0.6 is 11.3 Å². The van der Waals surface area contributed by atoms with Crippen LogP contribution in [0.5, 0.6) is 0 Å². The Balaban J connectivity index is 1.82. The van der Waals surface area contributed by atoms with E-state index in [0.29, 0.717) is 6.42 Å². The average molecular weight is 244 g/mol. The third-order valence-electron chi connectivity index (χ3n) is 2.15. The van der Waals surface area contributed by atoms with Crippen molar-refractivity contribution in [1.82, 2.24) is 5.43 Å². The highest BCUT2D eigenvalue weighted by atomic mass is 32.1. The number of carbonyl (C=O) groups is 1. The molecule has 1 aromatic heterocycles. The first kappa shape index (κ1) is 11.5. The van der Waals surface area contributed by atoms with Gasteiger partial charge in [0.05, 0.1) is 12.6 Å². The zero-order chi connectivity index (χ0) is 11.9. The minimum absolute atomic E-state index is 0.109. The summed E-state index contributed by atoms with van der Waals surface area (Å²) in [5.74, 6) is -0.109. The number of nitrogens with one attached hydrogen (secondary N) is 1. The molecule has 0 aliphatic heterocycles. The van der Waals surface area contributed by atoms with E-state index >= 15 is 0 Å². The molecule has 0 saturated carbocycles. The molecule has 1 heterocycles. The van der Waals surface area contributed by atoms with E-state index in [9.17, 15) is 4.79 Å². The lowest BCUT2D eigenvalue weighted by molar-refractivity contribution is -0.120. The number of benzene rings is 1. The lowest BCUT2D eigenvalue weighted by Crippen LogP contribution is -2.19. The molecule has 2 aromatic rings. The highest BCUT2D eigenvalue weighted by Gasteiger charge is 2.00. The van der Waals surface area contributed by atoms with E-state index < -0.39 is 0 Å². The van der Waals surface area contributed by atoms with Crippen LogP contribution in [-0.4, -0.2) is 12.1 Å². The molecule has 4 heteroatoms. The van der Waals surface area contributed by atoms with Gasteiger partial charge in [0.1, 0.15) is 0 Å². The first-order valence-corrected chi connectivity index (χ1v) is 6.17. The molecule has 1 amide bonds. The highest BCUT2D eigenvalue weighted by molar-refractivity contribution is 7.08. The van der Waals surface area contributed by atoms with E-state index in [1.54, 1.807) is 17.6 Å². The molecule has 1 aromatic carbocycles. The predicted octanol–water partition coefficient (Wildman–Crippen LogP) is 2.44. The Hall–Kier alpha value is -1.94. The van der Waals surface area contributed by atoms with Crippen LogP contribution in [-0.2, 0) is 11.2 Å². The van der Waals surface area contributed by atoms with Crippen molar-refractivity contribution in [3.05, 3.63) is 58.3 Å². The normalized spacial score (nSPS) is 10.6. The van der Waals surface area contributed by atoms with Crippen molar-refractivity contribution in [2.45, 2.75) is 6.42 Å². The molecular formula is C13H12N2OS. The number of hydrazone groups is 1. The molecule has 1 N–H and O–H groups in total. The largest absolute Gasteiger partial charge is 0.273 e. The third-order valence-corrected chi connectivity index (χ3v) is 2.86. The standard InChI is InChI=1S/C13H12N2OS/c16-13(8-11-4-2-1-3-5-11)15-14-9-12-6-7-17-10-12/h1-7,9-10H,8H2,(H,15,16)/b14-9-. The second-order valence-electron chi connectivity index (χ2n) is 3.51. The number of hydrogen-bond donors (Lipinski definition) is 1. The fraction of sp³-hybridized carbons (Fsp3) is 0.0769. The van der Waals surface area contributed by atoms with Gasteiger partial charge < -0.3 is 0 Å². The molecule has 0 saturated heterocycles. The van der Waals surface area contributed by atoms with Crippen molar-refractivity contribution in [2.75, 3.05) is 0 Å². The van der Waals surface area contributed by atoms with E-state index in [1.165, 1.54) is 0 Å². The summed E-state index contributed by atoms with van der Waals surface area (Å²) in [7, 11) is 0. The summed E-state index contributed by atoms with van der Waals surface area (Å²) in [4.78, 5) is 11.5. The Labute approximate surface area is 104 Å². The third kappa shape index (κ3) is 3.85. The van der Waals surface area contributed by atoms with E-state index in [0.717, 1.165) is 11.1 Å². The van der Waals surface area contributed by atoms with Gasteiger partial charge in [-0.25, -0.2) is 5.43 Å². The van der Waals surface area contributed by atoms with Gasteiger partial charge in [-0.05, 0) is 22.4 Å². The average Bonchev–Trinajstić information content (AvgIpc) is 2.83. The number of thiophene rings is 1. The number of carbonyl (C=O) groups excluding carboxylic acids is 1. The minimum Gasteiger partial charge on any atom is -0.273 e. The maximum Gasteiger partial charge on any atom is 0.244 e. The van der Waals surface area contributed by atoms with Crippen molar-refractivity contribution >= 4 is 23.5 Å². The second kappa shape index (κ2) is 5.96. The molecular weight excluding hydrogens is 232 g/mol. The molecule has 3 nitrogen and oxygen atoms in total. The lowest BCUT2D eigenvalue weighted by Gasteiger charge is -1.99. The summed E-state index contributed by atoms with van der Waals surface area (Å²) in [6.45, 7) is 0. The van der Waals surface area contributed by atoms with Gasteiger partial charge in [0.25, 0.3) is 0 Å². The Bertz CT molecular complexity index is 491. The Kier molecular flexibility index (Phi) is 4.05. The first-order valence-electron chi connectivity index (χ1n) is 5.22. The van der Waals surface area contributed by atoms with Gasteiger partial charge in [0.2, 0.25) is 5.91 Å². The minimum atomic E-state index is -0.109. The molecule has 0 radical (unpaired) electrons. The van der Waals surface area contributed by atoms with Crippen LogP contribution in [0.15, 0.2) is 52.3 Å². The van der Waals surface area contributed by atoms with Crippen molar-refractivity contribution < 1.29 is 4.79 Å². The number of hydrogen-bond acceptors (Lipinski definition) is 3. The number of amides is 1. The van der Waals surface area contributed by atoms with Crippen molar-refractivity contribution in [1.29, 1.82) is 0 Å². The van der Waals surface area contributed by atoms with E-state index in [-0.39, 0.29) is 5.91 Å². The Morgan fingerprint density at radius 1 is 1.29 bits per heavy atom. The zero-order valence-electron chi connectivity index (χ0n) is 9.17. The fourth-order valence-corrected chi connectivity index (χ4v) is 1.96. The Morgan fingerprint density at radius 2 is 2.12 bits per heavy atom. The van der Waals surface area contributed by atoms with Crippen molar-refractivity contribution in [3.63, 3.8) is 0 Å². The topological polar surface area (TPSA) is 41.5 Å². The van der Waals surface area contributed by atoms with Gasteiger partial charge in [-0.2, -0.15) is 16.4 Å². The molecule has 0 fully saturated rings. The maximum absolute atomic E-state index is 11.5. The summed E-state index contributed by atoms with van der Waals surface area (Å²) >= 11 is 1.60. The van der Waals surface area contributed by atoms with Crippen LogP contribution in [0, 0.1) is 0 Å². The SMILES string of the molecule is O=C(Cc1ccccc1)N/N=C\c1ccsc1. The van der Waals surface area contributed by atoms with Gasteiger partial charge in [-0.1, -0.05) is 30.3 Å². The maximum atomic E-state index is 11.5. The van der Waals surface area contributed by atoms with Gasteiger partial charge in [-0.3, -0.25) is 4.79 Å². The summed E-state index contributed by atoms with van der Waals surface area (Å²) in [5, 5.41) is 7.82. The summed E-state index contributed by atoms with van der Waals surface area (Å²) in [6.07, 6.45) is 1.99. The molecule has 86 valence electrons. The molecule has 17 heavy (non-hydrogen) atoms. The van der Waals surface area contributed by atoms with Crippen LogP contribution in [0.25, 0.3) is 0 Å². The van der Waals surface area contributed by atoms with Crippen LogP contribution in [0.3, 0.4) is 0 Å². The van der Waals surface area contributed by atoms with E-state index in [2.05, 4.69) is 10.5 Å². The van der Waals surface area contributed by atoms with E-state index in [4.69, 9.17) is 0 Å². The van der Waals surface area contributed by atoms with Crippen molar-refractivity contribution in [3.8, 4) is 0 Å². The molecule has 0 aliphatic carbocycles. The zero-order valence-corrected chi connectivity index (χ0v) is 9.98. The number of rotatable bonds is 4. The molecule has 2 rings (SSSR count). The van der Waals surface area contributed by atoms with Crippen molar-refractivity contribution in [2.24, 2.45) is 5.10 Å². The second-order valence-corrected chi connectivity index (χ2v) is 4.29. The smallest absolute Gasteiger partial charge is 0.244 e. The van der Waals surface area contributed by atoms with Crippen LogP contribution < -0.4 is 5.43 Å². The predicted molar refractivity (Wildman–Crippen MR) is 70.2 cm³/mol. The van der Waals surface area contributed by atoms with E-state index in [1.807, 2.05) is 47.2 Å². The van der Waals surface area contributed by atoms with Gasteiger partial charge in [0, 0.05) is 5.56 Å². The molecule has 0 unspecified atom stereocenters. The van der Waals surface area contributed by atoms with Gasteiger partial charge in [-0.15, -0.1) is 0 Å². The summed E-state index contributed by atoms with van der Waals surface area (Å²) in [6, 6.07) is 11.5. The highest BCUT2D eigenvalue weighted by Crippen LogP contribution is 2.02.